The minimum absolute atomic E-state index is 0.432. The number of fused-ring (bicyclic) bond motifs is 1. The Kier molecular flexibility index (Phi) is 13.0. The molecule has 1 aromatic rings. The van der Waals surface area contributed by atoms with Crippen LogP contribution in [0.2, 0.25) is 0 Å². The molecule has 0 spiro atoms. The first kappa shape index (κ1) is 30.2. The van der Waals surface area contributed by atoms with Crippen molar-refractivity contribution in [2.75, 3.05) is 18.4 Å². The van der Waals surface area contributed by atoms with E-state index >= 15 is 0 Å². The second-order valence-corrected chi connectivity index (χ2v) is 10.3. The fraction of sp³-hybridized carbons (Fsp3) is 0.412. The van der Waals surface area contributed by atoms with Crippen molar-refractivity contribution in [1.29, 1.82) is 0 Å². The van der Waals surface area contributed by atoms with Gasteiger partial charge in [0.1, 0.15) is 0 Å². The van der Waals surface area contributed by atoms with Crippen LogP contribution in [0.1, 0.15) is 70.4 Å². The maximum Gasteiger partial charge on any atom is 0.0460 e. The number of hydrogen-bond acceptors (Lipinski definition) is 3. The van der Waals surface area contributed by atoms with Gasteiger partial charge in [0.15, 0.2) is 0 Å². The molecular weight excluding hydrogens is 450 g/mol. The zero-order valence-corrected chi connectivity index (χ0v) is 23.8. The van der Waals surface area contributed by atoms with Crippen LogP contribution in [0.3, 0.4) is 0 Å². The monoisotopic (exact) mass is 499 g/mol. The molecule has 0 aromatic heterocycles. The Morgan fingerprint density at radius 3 is 2.49 bits per heavy atom. The molecule has 3 N–H and O–H groups in total. The van der Waals surface area contributed by atoms with Gasteiger partial charge in [0.05, 0.1) is 0 Å². The Balaban J connectivity index is 0.00000112. The molecule has 2 unspecified atom stereocenters. The second kappa shape index (κ2) is 15.9. The predicted octanol–water partition coefficient (Wildman–Crippen LogP) is 8.62. The van der Waals surface area contributed by atoms with Crippen molar-refractivity contribution in [3.8, 4) is 0 Å². The molecule has 0 radical (unpaired) electrons. The molecule has 0 fully saturated rings. The summed E-state index contributed by atoms with van der Waals surface area (Å²) in [5, 5.41) is 10.6. The molecule has 200 valence electrons. The first-order valence-electron chi connectivity index (χ1n) is 13.8. The summed E-state index contributed by atoms with van der Waals surface area (Å²) in [7, 11) is 0. The highest BCUT2D eigenvalue weighted by Gasteiger charge is 2.21. The molecule has 0 saturated heterocycles. The molecule has 1 aliphatic carbocycles. The molecule has 1 aromatic carbocycles. The molecule has 37 heavy (non-hydrogen) atoms. The fourth-order valence-electron chi connectivity index (χ4n) is 4.75. The van der Waals surface area contributed by atoms with Crippen LogP contribution in [0, 0.1) is 12.8 Å². The molecule has 2 aliphatic rings. The quantitative estimate of drug-likeness (QED) is 0.188. The van der Waals surface area contributed by atoms with Gasteiger partial charge in [-0.05, 0) is 112 Å². The molecule has 3 rings (SSSR count). The fourth-order valence-corrected chi connectivity index (χ4v) is 4.75. The van der Waals surface area contributed by atoms with Gasteiger partial charge in [0.25, 0.3) is 0 Å². The zero-order valence-electron chi connectivity index (χ0n) is 23.8. The Bertz CT molecular complexity index is 1040. The van der Waals surface area contributed by atoms with Crippen molar-refractivity contribution < 1.29 is 0 Å². The highest BCUT2D eigenvalue weighted by atomic mass is 14.9. The lowest BCUT2D eigenvalue weighted by atomic mass is 9.86. The minimum atomic E-state index is 0.432. The topological polar surface area (TPSA) is 36.1 Å². The summed E-state index contributed by atoms with van der Waals surface area (Å²) in [4.78, 5) is 0. The first-order valence-corrected chi connectivity index (χ1v) is 13.8. The maximum absolute atomic E-state index is 4.35. The zero-order chi connectivity index (χ0) is 27.2. The second-order valence-electron chi connectivity index (χ2n) is 10.3. The van der Waals surface area contributed by atoms with E-state index in [-0.39, 0.29) is 0 Å². The lowest BCUT2D eigenvalue weighted by molar-refractivity contribution is 0.457. The lowest BCUT2D eigenvalue weighted by Gasteiger charge is -2.28. The van der Waals surface area contributed by atoms with Crippen molar-refractivity contribution in [3.63, 3.8) is 0 Å². The standard InChI is InChI=1S/C30H41N3.C4H8/c1-7-31-16-14-27(29-20-28-11-8-22(4)18-30(28)33-24(29)6)15-17-32-23(5)19-25-9-12-26(13-10-25)21(2)3;1-3-4-2/h7-9,11-12,18,20,23,27,31-33H,1-2,6,10,13-17,19H2,3-5H3;3H,1,4H2,2H3. The Labute approximate surface area is 226 Å². The number of nitrogens with one attached hydrogen (secondary N) is 3. The van der Waals surface area contributed by atoms with Gasteiger partial charge in [-0.15, -0.1) is 6.58 Å². The molecule has 0 amide bonds. The van der Waals surface area contributed by atoms with Crippen LogP contribution in [0.15, 0.2) is 96.9 Å². The van der Waals surface area contributed by atoms with E-state index in [1.54, 1.807) is 6.20 Å². The predicted molar refractivity (Wildman–Crippen MR) is 166 cm³/mol. The Hall–Kier alpha value is -3.04. The van der Waals surface area contributed by atoms with E-state index in [1.807, 2.05) is 6.08 Å². The largest absolute Gasteiger partial charge is 0.391 e. The van der Waals surface area contributed by atoms with Gasteiger partial charge in [-0.3, -0.25) is 0 Å². The van der Waals surface area contributed by atoms with E-state index in [2.05, 4.69) is 106 Å². The van der Waals surface area contributed by atoms with E-state index in [0.29, 0.717) is 12.0 Å². The summed E-state index contributed by atoms with van der Waals surface area (Å²) >= 11 is 0. The average Bonchev–Trinajstić information content (AvgIpc) is 2.88. The Morgan fingerprint density at radius 1 is 1.14 bits per heavy atom. The van der Waals surface area contributed by atoms with Gasteiger partial charge in [-0.25, -0.2) is 0 Å². The number of anilines is 1. The van der Waals surface area contributed by atoms with Crippen LogP contribution in [-0.4, -0.2) is 19.1 Å². The summed E-state index contributed by atoms with van der Waals surface area (Å²) in [5.74, 6) is 0.432. The van der Waals surface area contributed by atoms with Crippen molar-refractivity contribution in [2.45, 2.75) is 72.3 Å². The smallest absolute Gasteiger partial charge is 0.0460 e. The summed E-state index contributed by atoms with van der Waals surface area (Å²) in [5.41, 5.74) is 10.1. The summed E-state index contributed by atoms with van der Waals surface area (Å²) in [6, 6.07) is 7.04. The van der Waals surface area contributed by atoms with Crippen LogP contribution in [0.4, 0.5) is 5.69 Å². The summed E-state index contributed by atoms with van der Waals surface area (Å²) in [6.07, 6.45) is 17.1. The van der Waals surface area contributed by atoms with E-state index in [4.69, 9.17) is 0 Å². The molecule has 1 aliphatic heterocycles. The number of hydrogen-bond donors (Lipinski definition) is 3. The third-order valence-electron chi connectivity index (χ3n) is 7.00. The van der Waals surface area contributed by atoms with E-state index in [9.17, 15) is 0 Å². The number of aryl methyl sites for hydroxylation is 1. The maximum atomic E-state index is 4.35. The van der Waals surface area contributed by atoms with Gasteiger partial charge < -0.3 is 16.0 Å². The summed E-state index contributed by atoms with van der Waals surface area (Å²) < 4.78 is 0. The Morgan fingerprint density at radius 2 is 1.86 bits per heavy atom. The first-order chi connectivity index (χ1) is 17.8. The third-order valence-corrected chi connectivity index (χ3v) is 7.00. The van der Waals surface area contributed by atoms with Gasteiger partial charge in [0.2, 0.25) is 0 Å². The lowest BCUT2D eigenvalue weighted by Crippen LogP contribution is -2.30. The average molecular weight is 500 g/mol. The molecule has 3 nitrogen and oxygen atoms in total. The molecule has 2 atom stereocenters. The van der Waals surface area contributed by atoms with Crippen molar-refractivity contribution in [1.82, 2.24) is 10.6 Å². The van der Waals surface area contributed by atoms with Gasteiger partial charge in [-0.2, -0.15) is 0 Å². The van der Waals surface area contributed by atoms with E-state index < -0.39 is 0 Å². The van der Waals surface area contributed by atoms with E-state index in [0.717, 1.165) is 63.0 Å². The SMILES string of the molecule is C=CCC.C=CNCCC(CCNC(C)CC1=CC=C(C(=C)C)CC1)C1=Cc2ccc(C)cc2NC1=C. The summed E-state index contributed by atoms with van der Waals surface area (Å²) in [6.45, 7) is 26.2. The molecule has 3 heteroatoms. The number of allylic oxidation sites excluding steroid dienone is 6. The molecular formula is C34H49N3. The van der Waals surface area contributed by atoms with Crippen molar-refractivity contribution in [3.05, 3.63) is 108 Å². The van der Waals surface area contributed by atoms with Crippen molar-refractivity contribution in [2.24, 2.45) is 5.92 Å². The normalized spacial score (nSPS) is 15.9. The van der Waals surface area contributed by atoms with Crippen LogP contribution >= 0.6 is 0 Å². The van der Waals surface area contributed by atoms with E-state index in [1.165, 1.54) is 33.4 Å². The molecule has 0 saturated carbocycles. The highest BCUT2D eigenvalue weighted by molar-refractivity contribution is 5.78. The van der Waals surface area contributed by atoms with Crippen molar-refractivity contribution >= 4 is 11.8 Å². The molecule has 0 bridgehead atoms. The number of benzene rings is 1. The highest BCUT2D eigenvalue weighted by Crippen LogP contribution is 2.35. The minimum Gasteiger partial charge on any atom is -0.391 e. The van der Waals surface area contributed by atoms with Crippen LogP contribution in [-0.2, 0) is 0 Å². The van der Waals surface area contributed by atoms with Gasteiger partial charge in [-0.1, -0.05) is 68.2 Å². The molecule has 1 heterocycles. The van der Waals surface area contributed by atoms with Crippen LogP contribution in [0.5, 0.6) is 0 Å². The van der Waals surface area contributed by atoms with Gasteiger partial charge in [0, 0.05) is 24.0 Å². The van der Waals surface area contributed by atoms with Gasteiger partial charge >= 0.3 is 0 Å². The van der Waals surface area contributed by atoms with Crippen LogP contribution < -0.4 is 16.0 Å². The third kappa shape index (κ3) is 10.1. The van der Waals surface area contributed by atoms with Crippen LogP contribution in [0.25, 0.3) is 6.08 Å². The number of rotatable bonds is 13.